The number of rotatable bonds is 1. The topological polar surface area (TPSA) is 83.4 Å². The van der Waals surface area contributed by atoms with E-state index in [9.17, 15) is 18.4 Å². The summed E-state index contributed by atoms with van der Waals surface area (Å²) in [4.78, 5) is 0. The number of alkyl halides is 3. The first-order valence-electron chi connectivity index (χ1n) is 6.55. The fourth-order valence-corrected chi connectivity index (χ4v) is 3.10. The molecule has 3 atom stereocenters. The highest BCUT2D eigenvalue weighted by Gasteiger charge is 2.55. The van der Waals surface area contributed by atoms with Gasteiger partial charge in [0.1, 0.15) is 6.07 Å². The van der Waals surface area contributed by atoms with Crippen molar-refractivity contribution in [2.75, 3.05) is 0 Å². The van der Waals surface area contributed by atoms with E-state index in [4.69, 9.17) is 22.1 Å². The molecular weight excluding hydrogens is 333 g/mol. The molecule has 2 heterocycles. The van der Waals surface area contributed by atoms with E-state index >= 15 is 0 Å². The van der Waals surface area contributed by atoms with Crippen LogP contribution in [0.15, 0.2) is 40.8 Å². The maximum atomic E-state index is 13.3. The summed E-state index contributed by atoms with van der Waals surface area (Å²) in [6.07, 6.45) is -5.77. The van der Waals surface area contributed by atoms with E-state index in [1.807, 2.05) is 6.07 Å². The third-order valence-electron chi connectivity index (χ3n) is 3.79. The van der Waals surface area contributed by atoms with Gasteiger partial charge in [-0.1, -0.05) is 29.8 Å². The number of fused-ring (bicyclic) bond motifs is 1. The van der Waals surface area contributed by atoms with Gasteiger partial charge in [-0.3, -0.25) is 5.43 Å². The molecule has 2 aliphatic heterocycles. The summed E-state index contributed by atoms with van der Waals surface area (Å²) < 4.78 is 45.0. The number of allylic oxidation sites excluding steroid dienone is 1. The normalized spacial score (nSPS) is 26.7. The van der Waals surface area contributed by atoms with Gasteiger partial charge in [0.2, 0.25) is 5.88 Å². The first kappa shape index (κ1) is 15.5. The van der Waals surface area contributed by atoms with Crippen LogP contribution in [0.5, 0.6) is 0 Å². The standard InChI is InChI=1S/C14H10ClF3N4O/c15-8-4-2-1-3-6(8)9-7(5-19)12(20)23-13-10(9)11(21-22-13)14(16,17)18/h1-4,9-10,13,22H,20H2/t9-,10+,13-/m0/s1. The number of nitrogens with one attached hydrogen (secondary N) is 1. The molecule has 23 heavy (non-hydrogen) atoms. The molecular formula is C14H10ClF3N4O. The van der Waals surface area contributed by atoms with Crippen LogP contribution in [0.25, 0.3) is 0 Å². The van der Waals surface area contributed by atoms with Crippen molar-refractivity contribution < 1.29 is 17.9 Å². The Balaban J connectivity index is 2.18. The van der Waals surface area contributed by atoms with E-state index in [0.717, 1.165) is 0 Å². The lowest BCUT2D eigenvalue weighted by molar-refractivity contribution is -0.0661. The molecule has 1 aromatic carbocycles. The number of nitrogens with two attached hydrogens (primary N) is 1. The smallest absolute Gasteiger partial charge is 0.431 e. The lowest BCUT2D eigenvalue weighted by Gasteiger charge is -2.34. The summed E-state index contributed by atoms with van der Waals surface area (Å²) in [7, 11) is 0. The van der Waals surface area contributed by atoms with Crippen molar-refractivity contribution in [3.8, 4) is 6.07 Å². The van der Waals surface area contributed by atoms with Gasteiger partial charge >= 0.3 is 6.18 Å². The van der Waals surface area contributed by atoms with Crippen LogP contribution < -0.4 is 11.2 Å². The van der Waals surface area contributed by atoms with Crippen LogP contribution in [-0.4, -0.2) is 18.1 Å². The molecule has 0 aliphatic carbocycles. The zero-order chi connectivity index (χ0) is 16.8. The first-order valence-corrected chi connectivity index (χ1v) is 6.93. The highest BCUT2D eigenvalue weighted by Crippen LogP contribution is 2.46. The number of hydrogen-bond acceptors (Lipinski definition) is 5. The van der Waals surface area contributed by atoms with E-state index in [0.29, 0.717) is 5.56 Å². The molecule has 2 aliphatic rings. The van der Waals surface area contributed by atoms with Gasteiger partial charge in [-0.2, -0.15) is 23.5 Å². The lowest BCUT2D eigenvalue weighted by Crippen LogP contribution is -2.45. The minimum atomic E-state index is -4.66. The van der Waals surface area contributed by atoms with Crippen LogP contribution in [-0.2, 0) is 4.74 Å². The second kappa shape index (κ2) is 5.35. The number of benzene rings is 1. The molecule has 0 saturated carbocycles. The number of nitrogens with zero attached hydrogens (tertiary/aromatic N) is 2. The molecule has 0 aromatic heterocycles. The van der Waals surface area contributed by atoms with Gasteiger partial charge in [0.15, 0.2) is 11.9 Å². The summed E-state index contributed by atoms with van der Waals surface area (Å²) >= 11 is 6.12. The maximum absolute atomic E-state index is 13.3. The molecule has 9 heteroatoms. The Morgan fingerprint density at radius 1 is 1.35 bits per heavy atom. The lowest BCUT2D eigenvalue weighted by atomic mass is 9.76. The van der Waals surface area contributed by atoms with E-state index in [-0.39, 0.29) is 16.5 Å². The zero-order valence-electron chi connectivity index (χ0n) is 11.4. The second-order valence-corrected chi connectivity index (χ2v) is 5.48. The van der Waals surface area contributed by atoms with Crippen LogP contribution in [0, 0.1) is 17.2 Å². The Hall–Kier alpha value is -2.40. The van der Waals surface area contributed by atoms with E-state index < -0.39 is 30.0 Å². The third-order valence-corrected chi connectivity index (χ3v) is 4.14. The van der Waals surface area contributed by atoms with Crippen LogP contribution >= 0.6 is 11.6 Å². The molecule has 0 saturated heterocycles. The quantitative estimate of drug-likeness (QED) is 0.821. The molecule has 3 rings (SSSR count). The Labute approximate surface area is 134 Å². The zero-order valence-corrected chi connectivity index (χ0v) is 12.2. The van der Waals surface area contributed by atoms with Crippen molar-refractivity contribution in [2.45, 2.75) is 18.3 Å². The van der Waals surface area contributed by atoms with Crippen LogP contribution in [0.1, 0.15) is 11.5 Å². The van der Waals surface area contributed by atoms with Crippen molar-refractivity contribution >= 4 is 17.3 Å². The van der Waals surface area contributed by atoms with E-state index in [1.54, 1.807) is 24.3 Å². The van der Waals surface area contributed by atoms with E-state index in [2.05, 4.69) is 10.5 Å². The van der Waals surface area contributed by atoms with Crippen LogP contribution in [0.2, 0.25) is 5.02 Å². The van der Waals surface area contributed by atoms with Gasteiger partial charge in [0, 0.05) is 10.9 Å². The Morgan fingerprint density at radius 3 is 2.65 bits per heavy atom. The molecule has 120 valence electrons. The van der Waals surface area contributed by atoms with Crippen molar-refractivity contribution in [2.24, 2.45) is 16.8 Å². The monoisotopic (exact) mass is 342 g/mol. The molecule has 1 aromatic rings. The summed E-state index contributed by atoms with van der Waals surface area (Å²) in [5, 5.41) is 12.9. The summed E-state index contributed by atoms with van der Waals surface area (Å²) in [6, 6.07) is 8.21. The predicted molar refractivity (Wildman–Crippen MR) is 76.0 cm³/mol. The molecule has 0 amide bonds. The van der Waals surface area contributed by atoms with Gasteiger partial charge in [-0.15, -0.1) is 0 Å². The molecule has 0 spiro atoms. The minimum Gasteiger partial charge on any atom is -0.453 e. The summed E-state index contributed by atoms with van der Waals surface area (Å²) in [5.41, 5.74) is 7.21. The molecule has 0 bridgehead atoms. The summed E-state index contributed by atoms with van der Waals surface area (Å²) in [6.45, 7) is 0. The number of nitriles is 1. The minimum absolute atomic E-state index is 0.0972. The van der Waals surface area contributed by atoms with Gasteiger partial charge < -0.3 is 10.5 Å². The van der Waals surface area contributed by atoms with Crippen molar-refractivity contribution in [3.05, 3.63) is 46.3 Å². The van der Waals surface area contributed by atoms with Gasteiger partial charge in [-0.05, 0) is 11.6 Å². The highest BCUT2D eigenvalue weighted by atomic mass is 35.5. The number of hydrazone groups is 1. The SMILES string of the molecule is N#CC1=C(N)O[C@@H]2NN=C(C(F)(F)F)[C@H]2[C@H]1c1ccccc1Cl. The summed E-state index contributed by atoms with van der Waals surface area (Å²) in [5.74, 6) is -2.48. The largest absolute Gasteiger partial charge is 0.453 e. The fourth-order valence-electron chi connectivity index (χ4n) is 2.85. The Kier molecular flexibility index (Phi) is 3.60. The average molecular weight is 343 g/mol. The predicted octanol–water partition coefficient (Wildman–Crippen LogP) is 2.61. The highest BCUT2D eigenvalue weighted by molar-refractivity contribution is 6.31. The maximum Gasteiger partial charge on any atom is 0.431 e. The Morgan fingerprint density at radius 2 is 2.04 bits per heavy atom. The molecule has 0 radical (unpaired) electrons. The molecule has 0 fully saturated rings. The fraction of sp³-hybridized carbons (Fsp3) is 0.286. The number of ether oxygens (including phenoxy) is 1. The Bertz CT molecular complexity index is 753. The van der Waals surface area contributed by atoms with Crippen LogP contribution in [0.3, 0.4) is 0 Å². The van der Waals surface area contributed by atoms with Crippen molar-refractivity contribution in [1.82, 2.24) is 5.43 Å². The van der Waals surface area contributed by atoms with Crippen molar-refractivity contribution in [3.63, 3.8) is 0 Å². The molecule has 5 nitrogen and oxygen atoms in total. The number of hydrogen-bond donors (Lipinski definition) is 2. The third kappa shape index (κ3) is 2.47. The molecule has 0 unspecified atom stereocenters. The first-order chi connectivity index (χ1) is 10.8. The second-order valence-electron chi connectivity index (χ2n) is 5.08. The van der Waals surface area contributed by atoms with Gasteiger partial charge in [-0.25, -0.2) is 0 Å². The van der Waals surface area contributed by atoms with Crippen LogP contribution in [0.4, 0.5) is 13.2 Å². The van der Waals surface area contributed by atoms with Gasteiger partial charge in [0.05, 0.1) is 11.5 Å². The molecule has 3 N–H and O–H groups in total. The average Bonchev–Trinajstić information content (AvgIpc) is 2.90. The van der Waals surface area contributed by atoms with Crippen molar-refractivity contribution in [1.29, 1.82) is 5.26 Å². The number of halogens is 4. The van der Waals surface area contributed by atoms with Gasteiger partial charge in [0.25, 0.3) is 0 Å². The van der Waals surface area contributed by atoms with E-state index in [1.165, 1.54) is 0 Å².